The maximum Gasteiger partial charge on any atom is -0.00669 e. The minimum Gasteiger partial charge on any atom is -0.179 e. The average molecular weight is 174 g/mol. The van der Waals surface area contributed by atoms with Gasteiger partial charge in [0.1, 0.15) is 0 Å². The van der Waals surface area contributed by atoms with Gasteiger partial charge in [0.2, 0.25) is 0 Å². The van der Waals surface area contributed by atoms with E-state index in [4.69, 9.17) is 0 Å². The molecule has 0 amide bonds. The van der Waals surface area contributed by atoms with E-state index < -0.39 is 0 Å². The largest absolute Gasteiger partial charge is 0.179 e. The normalized spacial score (nSPS) is 15.5. The van der Waals surface area contributed by atoms with E-state index in [1.165, 1.54) is 6.42 Å². The van der Waals surface area contributed by atoms with Crippen molar-refractivity contribution in [1.29, 1.82) is 0 Å². The van der Waals surface area contributed by atoms with Gasteiger partial charge in [0, 0.05) is 0 Å². The Labute approximate surface area is 77.2 Å². The zero-order chi connectivity index (χ0) is 9.07. The lowest BCUT2D eigenvalue weighted by molar-refractivity contribution is 0.264. The first-order valence-corrected chi connectivity index (χ1v) is 5.11. The second-order valence-corrected chi connectivity index (χ2v) is 5.32. The van der Waals surface area contributed by atoms with Crippen LogP contribution in [0.4, 0.5) is 0 Å². The smallest absolute Gasteiger partial charge is 0.00669 e. The highest BCUT2D eigenvalue weighted by Crippen LogP contribution is 2.29. The summed E-state index contributed by atoms with van der Waals surface area (Å²) in [6, 6.07) is 0. The molecule has 1 unspecified atom stereocenters. The Morgan fingerprint density at radius 2 is 1.64 bits per heavy atom. The van der Waals surface area contributed by atoms with E-state index in [-0.39, 0.29) is 0 Å². The zero-order valence-electron chi connectivity index (χ0n) is 8.52. The van der Waals surface area contributed by atoms with E-state index in [0.717, 1.165) is 17.6 Å². The SMILES string of the molecule is CC(C)C(CS)CC(C)(C)C. The molecule has 0 heterocycles. The van der Waals surface area contributed by atoms with Crippen molar-refractivity contribution in [2.24, 2.45) is 17.3 Å². The Kier molecular flexibility index (Phi) is 4.53. The monoisotopic (exact) mass is 174 g/mol. The van der Waals surface area contributed by atoms with Gasteiger partial charge in [0.05, 0.1) is 0 Å². The minimum absolute atomic E-state index is 0.456. The molecule has 0 rings (SSSR count). The number of thiol groups is 1. The predicted molar refractivity (Wildman–Crippen MR) is 56.3 cm³/mol. The van der Waals surface area contributed by atoms with Gasteiger partial charge < -0.3 is 0 Å². The number of hydrogen-bond donors (Lipinski definition) is 1. The lowest BCUT2D eigenvalue weighted by Crippen LogP contribution is -2.19. The van der Waals surface area contributed by atoms with Gasteiger partial charge in [0.25, 0.3) is 0 Å². The second kappa shape index (κ2) is 4.39. The molecule has 0 saturated heterocycles. The van der Waals surface area contributed by atoms with E-state index >= 15 is 0 Å². The van der Waals surface area contributed by atoms with Crippen LogP contribution in [0.5, 0.6) is 0 Å². The molecule has 0 aromatic carbocycles. The molecule has 0 radical (unpaired) electrons. The standard InChI is InChI=1S/C10H22S/c1-8(2)9(7-11)6-10(3,4)5/h8-9,11H,6-7H2,1-5H3. The molecule has 0 aliphatic carbocycles. The highest BCUT2D eigenvalue weighted by molar-refractivity contribution is 7.80. The first kappa shape index (κ1) is 11.4. The average Bonchev–Trinajstić information content (AvgIpc) is 1.80. The van der Waals surface area contributed by atoms with E-state index in [2.05, 4.69) is 47.2 Å². The molecule has 0 saturated carbocycles. The molecular formula is C10H22S. The summed E-state index contributed by atoms with van der Waals surface area (Å²) in [7, 11) is 0. The summed E-state index contributed by atoms with van der Waals surface area (Å²) in [4.78, 5) is 0. The van der Waals surface area contributed by atoms with Crippen molar-refractivity contribution < 1.29 is 0 Å². The van der Waals surface area contributed by atoms with Crippen LogP contribution in [-0.4, -0.2) is 5.75 Å². The van der Waals surface area contributed by atoms with Gasteiger partial charge in [-0.1, -0.05) is 34.6 Å². The summed E-state index contributed by atoms with van der Waals surface area (Å²) < 4.78 is 0. The fourth-order valence-corrected chi connectivity index (χ4v) is 1.85. The highest BCUT2D eigenvalue weighted by Gasteiger charge is 2.19. The molecular weight excluding hydrogens is 152 g/mol. The van der Waals surface area contributed by atoms with Crippen LogP contribution in [0.2, 0.25) is 0 Å². The Balaban J connectivity index is 3.88. The predicted octanol–water partition coefficient (Wildman–Crippen LogP) is 3.62. The first-order chi connectivity index (χ1) is 4.87. The summed E-state index contributed by atoms with van der Waals surface area (Å²) in [5.74, 6) is 2.57. The molecule has 0 nitrogen and oxygen atoms in total. The summed E-state index contributed by atoms with van der Waals surface area (Å²) in [6.07, 6.45) is 1.29. The van der Waals surface area contributed by atoms with Crippen LogP contribution < -0.4 is 0 Å². The lowest BCUT2D eigenvalue weighted by atomic mass is 9.81. The molecule has 0 aromatic rings. The van der Waals surface area contributed by atoms with Crippen LogP contribution >= 0.6 is 12.6 Å². The van der Waals surface area contributed by atoms with Gasteiger partial charge in [-0.3, -0.25) is 0 Å². The Hall–Kier alpha value is 0.350. The summed E-state index contributed by atoms with van der Waals surface area (Å²) in [5.41, 5.74) is 0.456. The van der Waals surface area contributed by atoms with Crippen LogP contribution in [0.1, 0.15) is 41.0 Å². The van der Waals surface area contributed by atoms with Crippen molar-refractivity contribution in [2.75, 3.05) is 5.75 Å². The fourth-order valence-electron chi connectivity index (χ4n) is 1.30. The molecule has 11 heavy (non-hydrogen) atoms. The van der Waals surface area contributed by atoms with Crippen molar-refractivity contribution in [3.05, 3.63) is 0 Å². The molecule has 68 valence electrons. The molecule has 0 bridgehead atoms. The van der Waals surface area contributed by atoms with E-state index in [9.17, 15) is 0 Å². The summed E-state index contributed by atoms with van der Waals surface area (Å²) in [5, 5.41) is 0. The molecule has 0 aliphatic heterocycles. The van der Waals surface area contributed by atoms with Gasteiger partial charge in [0.15, 0.2) is 0 Å². The zero-order valence-corrected chi connectivity index (χ0v) is 9.41. The quantitative estimate of drug-likeness (QED) is 0.621. The fraction of sp³-hybridized carbons (Fsp3) is 1.00. The third-order valence-corrected chi connectivity index (χ3v) is 2.52. The molecule has 0 aromatic heterocycles. The third-order valence-electron chi connectivity index (χ3n) is 2.05. The number of hydrogen-bond acceptors (Lipinski definition) is 1. The maximum atomic E-state index is 4.37. The van der Waals surface area contributed by atoms with Gasteiger partial charge in [-0.05, 0) is 29.4 Å². The lowest BCUT2D eigenvalue weighted by Gasteiger charge is -2.27. The topological polar surface area (TPSA) is 0 Å². The molecule has 1 heteroatoms. The van der Waals surface area contributed by atoms with E-state index in [1.54, 1.807) is 0 Å². The van der Waals surface area contributed by atoms with E-state index in [1.807, 2.05) is 0 Å². The first-order valence-electron chi connectivity index (χ1n) is 4.47. The molecule has 1 atom stereocenters. The Bertz CT molecular complexity index is 99.9. The molecule has 0 aliphatic rings. The minimum atomic E-state index is 0.456. The van der Waals surface area contributed by atoms with Crippen molar-refractivity contribution in [2.45, 2.75) is 41.0 Å². The Morgan fingerprint density at radius 3 is 1.73 bits per heavy atom. The summed E-state index contributed by atoms with van der Waals surface area (Å²) >= 11 is 4.37. The maximum absolute atomic E-state index is 4.37. The van der Waals surface area contributed by atoms with Crippen LogP contribution in [0.15, 0.2) is 0 Å². The molecule has 0 N–H and O–H groups in total. The van der Waals surface area contributed by atoms with Crippen molar-refractivity contribution in [3.63, 3.8) is 0 Å². The van der Waals surface area contributed by atoms with Crippen LogP contribution in [0, 0.1) is 17.3 Å². The number of rotatable bonds is 3. The van der Waals surface area contributed by atoms with Gasteiger partial charge in [-0.2, -0.15) is 12.6 Å². The van der Waals surface area contributed by atoms with Crippen LogP contribution in [-0.2, 0) is 0 Å². The Morgan fingerprint density at radius 1 is 1.18 bits per heavy atom. The highest BCUT2D eigenvalue weighted by atomic mass is 32.1. The van der Waals surface area contributed by atoms with Gasteiger partial charge >= 0.3 is 0 Å². The molecule has 0 fully saturated rings. The van der Waals surface area contributed by atoms with Crippen molar-refractivity contribution >= 4 is 12.6 Å². The van der Waals surface area contributed by atoms with Crippen LogP contribution in [0.25, 0.3) is 0 Å². The van der Waals surface area contributed by atoms with Gasteiger partial charge in [-0.25, -0.2) is 0 Å². The van der Waals surface area contributed by atoms with Crippen molar-refractivity contribution in [3.8, 4) is 0 Å². The molecule has 0 spiro atoms. The second-order valence-electron chi connectivity index (χ2n) is 4.95. The summed E-state index contributed by atoms with van der Waals surface area (Å²) in [6.45, 7) is 11.5. The third kappa shape index (κ3) is 5.60. The van der Waals surface area contributed by atoms with Gasteiger partial charge in [-0.15, -0.1) is 0 Å². The van der Waals surface area contributed by atoms with E-state index in [0.29, 0.717) is 5.41 Å². The van der Waals surface area contributed by atoms with Crippen molar-refractivity contribution in [1.82, 2.24) is 0 Å². The van der Waals surface area contributed by atoms with Crippen LogP contribution in [0.3, 0.4) is 0 Å².